The van der Waals surface area contributed by atoms with Crippen molar-refractivity contribution in [2.24, 2.45) is 0 Å². The summed E-state index contributed by atoms with van der Waals surface area (Å²) in [5, 5.41) is 6.37. The van der Waals surface area contributed by atoms with E-state index < -0.39 is 29.4 Å². The van der Waals surface area contributed by atoms with Crippen LogP contribution in [0.25, 0.3) is 10.8 Å². The summed E-state index contributed by atoms with van der Waals surface area (Å²) in [4.78, 5) is 12.4. The molecule has 1 amide bonds. The highest BCUT2D eigenvalue weighted by atomic mass is 19.2. The number of rotatable bonds is 5. The Kier molecular flexibility index (Phi) is 5.46. The summed E-state index contributed by atoms with van der Waals surface area (Å²) in [6.07, 6.45) is 0. The van der Waals surface area contributed by atoms with Crippen LogP contribution in [0, 0.1) is 17.5 Å². The molecule has 0 fully saturated rings. The highest BCUT2D eigenvalue weighted by Crippen LogP contribution is 2.22. The minimum absolute atomic E-state index is 0.0355. The molecule has 0 radical (unpaired) electrons. The second kappa shape index (κ2) is 7.80. The first-order chi connectivity index (χ1) is 12.9. The maximum atomic E-state index is 13.7. The van der Waals surface area contributed by atoms with Crippen molar-refractivity contribution < 1.29 is 23.3 Å². The molecule has 3 rings (SSSR count). The lowest BCUT2D eigenvalue weighted by Crippen LogP contribution is -2.91. The number of amides is 1. The van der Waals surface area contributed by atoms with E-state index >= 15 is 0 Å². The summed E-state index contributed by atoms with van der Waals surface area (Å²) >= 11 is 0. The van der Waals surface area contributed by atoms with Crippen LogP contribution in [-0.2, 0) is 4.79 Å². The van der Waals surface area contributed by atoms with Gasteiger partial charge in [0.1, 0.15) is 6.04 Å². The van der Waals surface area contributed by atoms with E-state index in [2.05, 4.69) is 5.32 Å². The number of halogens is 3. The van der Waals surface area contributed by atoms with Gasteiger partial charge < -0.3 is 10.6 Å². The fraction of sp³-hybridized carbons (Fsp3) is 0.190. The number of nitrogens with two attached hydrogens (primary N) is 1. The van der Waals surface area contributed by atoms with Gasteiger partial charge in [0.15, 0.2) is 23.5 Å². The van der Waals surface area contributed by atoms with E-state index in [0.29, 0.717) is 0 Å². The molecule has 0 unspecified atom stereocenters. The van der Waals surface area contributed by atoms with Crippen molar-refractivity contribution in [1.82, 2.24) is 0 Å². The van der Waals surface area contributed by atoms with Crippen molar-refractivity contribution >= 4 is 22.4 Å². The Balaban J connectivity index is 1.73. The molecule has 3 N–H and O–H groups in total. The Bertz CT molecular complexity index is 985. The molecule has 27 heavy (non-hydrogen) atoms. The first-order valence-electron chi connectivity index (χ1n) is 8.65. The van der Waals surface area contributed by atoms with E-state index in [4.69, 9.17) is 0 Å². The average molecular weight is 373 g/mol. The largest absolute Gasteiger partial charge is 0.330 e. The monoisotopic (exact) mass is 373 g/mol. The van der Waals surface area contributed by atoms with E-state index in [-0.39, 0.29) is 11.7 Å². The summed E-state index contributed by atoms with van der Waals surface area (Å²) in [7, 11) is 0. The molecule has 0 aliphatic rings. The Morgan fingerprint density at radius 1 is 0.926 bits per heavy atom. The Morgan fingerprint density at radius 2 is 1.63 bits per heavy atom. The third-order valence-electron chi connectivity index (χ3n) is 4.60. The first kappa shape index (κ1) is 18.9. The van der Waals surface area contributed by atoms with Gasteiger partial charge >= 0.3 is 0 Å². The van der Waals surface area contributed by atoms with Crippen LogP contribution in [0.15, 0.2) is 54.6 Å². The molecular weight excluding hydrogens is 353 g/mol. The number of benzene rings is 3. The van der Waals surface area contributed by atoms with Gasteiger partial charge in [-0.05, 0) is 36.8 Å². The summed E-state index contributed by atoms with van der Waals surface area (Å²) < 4.78 is 40.1. The SMILES string of the molecule is C[C@H]([NH2+][C@@H](C)c1cccc2ccccc12)C(=O)Nc1ccc(F)c(F)c1F. The number of carbonyl (C=O) groups is 1. The van der Waals surface area contributed by atoms with Crippen LogP contribution >= 0.6 is 0 Å². The average Bonchev–Trinajstić information content (AvgIpc) is 2.67. The van der Waals surface area contributed by atoms with Gasteiger partial charge in [-0.25, -0.2) is 13.2 Å². The van der Waals surface area contributed by atoms with E-state index in [9.17, 15) is 18.0 Å². The Labute approximate surface area is 155 Å². The van der Waals surface area contributed by atoms with Gasteiger partial charge in [0.05, 0.1) is 5.69 Å². The van der Waals surface area contributed by atoms with Crippen molar-refractivity contribution in [2.75, 3.05) is 5.32 Å². The van der Waals surface area contributed by atoms with Crippen LogP contribution in [0.3, 0.4) is 0 Å². The molecule has 3 nitrogen and oxygen atoms in total. The smallest absolute Gasteiger partial charge is 0.282 e. The number of fused-ring (bicyclic) bond motifs is 1. The number of anilines is 1. The summed E-state index contributed by atoms with van der Waals surface area (Å²) in [5.74, 6) is -4.80. The van der Waals surface area contributed by atoms with Crippen LogP contribution < -0.4 is 10.6 Å². The van der Waals surface area contributed by atoms with Crippen molar-refractivity contribution in [2.45, 2.75) is 25.9 Å². The van der Waals surface area contributed by atoms with Crippen molar-refractivity contribution in [3.8, 4) is 0 Å². The van der Waals surface area contributed by atoms with Crippen molar-refractivity contribution in [3.63, 3.8) is 0 Å². The second-order valence-corrected chi connectivity index (χ2v) is 6.55. The predicted octanol–water partition coefficient (Wildman–Crippen LogP) is 3.91. The molecule has 6 heteroatoms. The fourth-order valence-corrected chi connectivity index (χ4v) is 3.14. The minimum Gasteiger partial charge on any atom is -0.330 e. The molecule has 0 aliphatic carbocycles. The molecule has 0 bridgehead atoms. The number of hydrogen-bond donors (Lipinski definition) is 2. The van der Waals surface area contributed by atoms with Crippen LogP contribution in [0.2, 0.25) is 0 Å². The summed E-state index contributed by atoms with van der Waals surface area (Å²) in [5.41, 5.74) is 0.698. The molecular formula is C21H20F3N2O+. The zero-order valence-electron chi connectivity index (χ0n) is 15.0. The van der Waals surface area contributed by atoms with E-state index in [0.717, 1.165) is 28.5 Å². The molecule has 2 atom stereocenters. The van der Waals surface area contributed by atoms with Crippen LogP contribution in [0.1, 0.15) is 25.5 Å². The van der Waals surface area contributed by atoms with Gasteiger partial charge in [-0.1, -0.05) is 42.5 Å². The Hall–Kier alpha value is -2.86. The predicted molar refractivity (Wildman–Crippen MR) is 98.7 cm³/mol. The van der Waals surface area contributed by atoms with Crippen molar-refractivity contribution in [1.29, 1.82) is 0 Å². The van der Waals surface area contributed by atoms with Crippen LogP contribution in [0.5, 0.6) is 0 Å². The van der Waals surface area contributed by atoms with Crippen LogP contribution in [0.4, 0.5) is 18.9 Å². The first-order valence-corrected chi connectivity index (χ1v) is 8.65. The molecule has 0 spiro atoms. The van der Waals surface area contributed by atoms with Gasteiger partial charge in [0, 0.05) is 5.56 Å². The lowest BCUT2D eigenvalue weighted by atomic mass is 9.99. The van der Waals surface area contributed by atoms with E-state index in [1.807, 2.05) is 54.7 Å². The number of carbonyl (C=O) groups excluding carboxylic acids is 1. The fourth-order valence-electron chi connectivity index (χ4n) is 3.14. The number of quaternary nitrogens is 1. The number of hydrogen-bond acceptors (Lipinski definition) is 1. The lowest BCUT2D eigenvalue weighted by molar-refractivity contribution is -0.709. The minimum atomic E-state index is -1.60. The van der Waals surface area contributed by atoms with Gasteiger partial charge in [-0.15, -0.1) is 0 Å². The molecule has 140 valence electrons. The maximum Gasteiger partial charge on any atom is 0.282 e. The van der Waals surface area contributed by atoms with Gasteiger partial charge in [-0.3, -0.25) is 4.79 Å². The van der Waals surface area contributed by atoms with E-state index in [1.54, 1.807) is 6.92 Å². The standard InChI is InChI=1S/C21H19F3N2O/c1-12(15-9-5-7-14-6-3-4-8-16(14)15)25-13(2)21(27)26-18-11-10-17(22)19(23)20(18)24/h3-13,25H,1-2H3,(H,26,27)/p+1/t12-,13-/m0/s1. The van der Waals surface area contributed by atoms with Crippen molar-refractivity contribution in [3.05, 3.63) is 77.6 Å². The zero-order valence-corrected chi connectivity index (χ0v) is 15.0. The summed E-state index contributed by atoms with van der Waals surface area (Å²) in [6.45, 7) is 3.65. The van der Waals surface area contributed by atoms with Crippen LogP contribution in [-0.4, -0.2) is 11.9 Å². The molecule has 0 heterocycles. The third kappa shape index (κ3) is 3.95. The van der Waals surface area contributed by atoms with Gasteiger partial charge in [0.2, 0.25) is 0 Å². The van der Waals surface area contributed by atoms with Gasteiger partial charge in [-0.2, -0.15) is 0 Å². The van der Waals surface area contributed by atoms with E-state index in [1.165, 1.54) is 0 Å². The normalized spacial score (nSPS) is 13.4. The topological polar surface area (TPSA) is 45.7 Å². The Morgan fingerprint density at radius 3 is 2.41 bits per heavy atom. The molecule has 0 aliphatic heterocycles. The quantitative estimate of drug-likeness (QED) is 0.655. The third-order valence-corrected chi connectivity index (χ3v) is 4.60. The molecule has 3 aromatic rings. The lowest BCUT2D eigenvalue weighted by Gasteiger charge is -2.18. The highest BCUT2D eigenvalue weighted by Gasteiger charge is 2.23. The zero-order chi connectivity index (χ0) is 19.6. The summed E-state index contributed by atoms with van der Waals surface area (Å²) in [6, 6.07) is 15.1. The maximum absolute atomic E-state index is 13.7. The molecule has 0 aromatic heterocycles. The molecule has 0 saturated heterocycles. The van der Waals surface area contributed by atoms with Gasteiger partial charge in [0.25, 0.3) is 5.91 Å². The molecule has 0 saturated carbocycles. The molecule has 3 aromatic carbocycles. The second-order valence-electron chi connectivity index (χ2n) is 6.55. The number of nitrogens with one attached hydrogen (secondary N) is 1. The highest BCUT2D eigenvalue weighted by molar-refractivity contribution is 5.93.